The molecule has 1 saturated heterocycles. The third kappa shape index (κ3) is 5.95. The second-order valence-electron chi connectivity index (χ2n) is 10.5. The number of halogens is 1. The molecule has 0 saturated carbocycles. The average Bonchev–Trinajstić information content (AvgIpc) is 3.00. The summed E-state index contributed by atoms with van der Waals surface area (Å²) < 4.78 is 27.8. The maximum absolute atomic E-state index is 13.1. The van der Waals surface area contributed by atoms with Crippen LogP contribution >= 0.6 is 18.1 Å². The van der Waals surface area contributed by atoms with E-state index in [1.54, 1.807) is 21.0 Å². The Morgan fingerprint density at radius 3 is 1.90 bits per heavy atom. The molecule has 0 aliphatic carbocycles. The van der Waals surface area contributed by atoms with Crippen molar-refractivity contribution in [2.24, 2.45) is 0 Å². The second-order valence-corrected chi connectivity index (χ2v) is 13.7. The molecule has 4 aromatic rings. The van der Waals surface area contributed by atoms with Crippen LogP contribution in [-0.2, 0) is 19.4 Å². The molecule has 1 fully saturated rings. The Morgan fingerprint density at radius 2 is 1.43 bits per heavy atom. The van der Waals surface area contributed by atoms with E-state index in [2.05, 4.69) is 46.3 Å². The highest BCUT2D eigenvalue weighted by Crippen LogP contribution is 2.54. The fourth-order valence-corrected chi connectivity index (χ4v) is 6.26. The molecule has 0 amide bonds. The SMILES string of the molecule is Cc1cn(C2CN(C(c3ccccc3)(c3ccccc3)c3ccccc3)C[C@@H](COP(=O)(Cl)N(C)C)O2)c(=O)[nH]c1=O. The molecule has 42 heavy (non-hydrogen) atoms. The molecule has 1 aromatic heterocycles. The van der Waals surface area contributed by atoms with E-state index >= 15 is 0 Å². The first kappa shape index (κ1) is 30.2. The number of hydrogen-bond acceptors (Lipinski definition) is 6. The number of rotatable bonds is 9. The van der Waals surface area contributed by atoms with E-state index in [9.17, 15) is 14.2 Å². The summed E-state index contributed by atoms with van der Waals surface area (Å²) in [7, 11) is 3.16. The lowest BCUT2D eigenvalue weighted by atomic mass is 9.75. The van der Waals surface area contributed by atoms with E-state index < -0.39 is 36.0 Å². The fourth-order valence-electron chi connectivity index (χ4n) is 5.51. The zero-order chi connectivity index (χ0) is 29.9. The topological polar surface area (TPSA) is 96.9 Å². The Balaban J connectivity index is 1.70. The molecular weight excluding hydrogens is 575 g/mol. The number of aromatic amines is 1. The normalized spacial score (nSPS) is 19.5. The quantitative estimate of drug-likeness (QED) is 0.212. The number of aromatic nitrogens is 2. The monoisotopic (exact) mass is 608 g/mol. The molecule has 3 atom stereocenters. The molecule has 2 unspecified atom stereocenters. The van der Waals surface area contributed by atoms with Crippen LogP contribution in [0.4, 0.5) is 0 Å². The second kappa shape index (κ2) is 12.5. The molecule has 1 N–H and O–H groups in total. The van der Waals surface area contributed by atoms with Gasteiger partial charge in [0.25, 0.3) is 5.56 Å². The van der Waals surface area contributed by atoms with Gasteiger partial charge < -0.3 is 9.26 Å². The van der Waals surface area contributed by atoms with Crippen molar-refractivity contribution < 1.29 is 13.8 Å². The van der Waals surface area contributed by atoms with Crippen LogP contribution in [0.3, 0.4) is 0 Å². The van der Waals surface area contributed by atoms with E-state index in [0.717, 1.165) is 16.7 Å². The van der Waals surface area contributed by atoms with Crippen LogP contribution in [0.15, 0.2) is 107 Å². The minimum absolute atomic E-state index is 0.0858. The van der Waals surface area contributed by atoms with Crippen LogP contribution in [0.5, 0.6) is 0 Å². The fraction of sp³-hybridized carbons (Fsp3) is 0.290. The highest BCUT2D eigenvalue weighted by atomic mass is 35.7. The molecule has 5 rings (SSSR count). The van der Waals surface area contributed by atoms with Crippen molar-refractivity contribution in [2.45, 2.75) is 24.8 Å². The molecular formula is C31H34ClN4O5P. The van der Waals surface area contributed by atoms with Gasteiger partial charge in [0.2, 0.25) is 0 Å². The van der Waals surface area contributed by atoms with Gasteiger partial charge in [0.1, 0.15) is 0 Å². The largest absolute Gasteiger partial charge is 0.362 e. The molecule has 3 aromatic carbocycles. The molecule has 0 radical (unpaired) electrons. The lowest BCUT2D eigenvalue weighted by molar-refractivity contribution is -0.148. The Kier molecular flexibility index (Phi) is 8.99. The van der Waals surface area contributed by atoms with E-state index in [4.69, 9.17) is 20.5 Å². The average molecular weight is 609 g/mol. The predicted octanol–water partition coefficient (Wildman–Crippen LogP) is 4.96. The zero-order valence-electron chi connectivity index (χ0n) is 23.7. The summed E-state index contributed by atoms with van der Waals surface area (Å²) >= 11 is 6.22. The van der Waals surface area contributed by atoms with E-state index in [0.29, 0.717) is 12.1 Å². The molecule has 2 heterocycles. The van der Waals surface area contributed by atoms with E-state index in [1.165, 1.54) is 15.4 Å². The maximum Gasteiger partial charge on any atom is 0.362 e. The molecule has 1 aliphatic rings. The van der Waals surface area contributed by atoms with Gasteiger partial charge in [0.15, 0.2) is 6.23 Å². The predicted molar refractivity (Wildman–Crippen MR) is 164 cm³/mol. The number of aryl methyl sites for hydroxylation is 1. The van der Waals surface area contributed by atoms with Gasteiger partial charge in [-0.3, -0.25) is 23.8 Å². The van der Waals surface area contributed by atoms with Crippen LogP contribution < -0.4 is 11.2 Å². The van der Waals surface area contributed by atoms with E-state index in [-0.39, 0.29) is 13.2 Å². The number of nitrogens with one attached hydrogen (secondary N) is 1. The summed E-state index contributed by atoms with van der Waals surface area (Å²) in [6.07, 6.45) is 0.0692. The first-order valence-electron chi connectivity index (χ1n) is 13.6. The zero-order valence-corrected chi connectivity index (χ0v) is 25.4. The molecule has 11 heteroatoms. The van der Waals surface area contributed by atoms with Crippen molar-refractivity contribution in [1.82, 2.24) is 19.1 Å². The Bertz CT molecular complexity index is 1570. The summed E-state index contributed by atoms with van der Waals surface area (Å²) in [6.45, 7) is -1.40. The number of hydrogen-bond donors (Lipinski definition) is 1. The summed E-state index contributed by atoms with van der Waals surface area (Å²) in [5.74, 6) is 0. The maximum atomic E-state index is 13.1. The van der Waals surface area contributed by atoms with Crippen LogP contribution in [0, 0.1) is 6.92 Å². The van der Waals surface area contributed by atoms with Gasteiger partial charge in [0.05, 0.1) is 18.2 Å². The van der Waals surface area contributed by atoms with Crippen molar-refractivity contribution in [3.63, 3.8) is 0 Å². The van der Waals surface area contributed by atoms with Crippen LogP contribution in [0.1, 0.15) is 28.5 Å². The molecule has 1 aliphatic heterocycles. The number of H-pyrrole nitrogens is 1. The summed E-state index contributed by atoms with van der Waals surface area (Å²) in [6, 6.07) is 30.5. The highest BCUT2D eigenvalue weighted by molar-refractivity contribution is 7.83. The van der Waals surface area contributed by atoms with Crippen LogP contribution in [-0.4, -0.2) is 59.0 Å². The summed E-state index contributed by atoms with van der Waals surface area (Å²) in [4.78, 5) is 29.9. The van der Waals surface area contributed by atoms with Crippen molar-refractivity contribution >= 4 is 18.1 Å². The lowest BCUT2D eigenvalue weighted by Crippen LogP contribution is -2.58. The summed E-state index contributed by atoms with van der Waals surface area (Å²) in [5.41, 5.74) is 1.58. The minimum atomic E-state index is -3.59. The Morgan fingerprint density at radius 1 is 0.929 bits per heavy atom. The van der Waals surface area contributed by atoms with Crippen LogP contribution in [0.25, 0.3) is 0 Å². The van der Waals surface area contributed by atoms with Gasteiger partial charge >= 0.3 is 12.6 Å². The van der Waals surface area contributed by atoms with Gasteiger partial charge in [-0.1, -0.05) is 91.0 Å². The standard InChI is InChI=1S/C31H34ClN4O5P/c1-23-19-36(30(38)33-29(23)37)28-21-35(20-27(41-28)22-40-42(32,39)34(2)3)31(24-13-7-4-8-14-24,25-15-9-5-10-16-25)26-17-11-6-12-18-26/h4-19,27-28H,20-22H2,1-3H3,(H,33,37,38)/t27-,28?,42?/m0/s1. The van der Waals surface area contributed by atoms with Crippen molar-refractivity contribution in [3.8, 4) is 0 Å². The van der Waals surface area contributed by atoms with E-state index in [1.807, 2.05) is 54.6 Å². The third-order valence-corrected chi connectivity index (χ3v) is 10.2. The third-order valence-electron chi connectivity index (χ3n) is 7.55. The summed E-state index contributed by atoms with van der Waals surface area (Å²) in [5, 5.41) is 0. The molecule has 0 bridgehead atoms. The Hall–Kier alpha value is -3.30. The number of morpholine rings is 1. The molecule has 0 spiro atoms. The first-order chi connectivity index (χ1) is 20.1. The van der Waals surface area contributed by atoms with Crippen molar-refractivity contribution in [1.29, 1.82) is 0 Å². The van der Waals surface area contributed by atoms with Gasteiger partial charge in [0, 0.05) is 24.8 Å². The number of benzene rings is 3. The molecule has 220 valence electrons. The van der Waals surface area contributed by atoms with Gasteiger partial charge in [-0.15, -0.1) is 0 Å². The number of nitrogens with zero attached hydrogens (tertiary/aromatic N) is 3. The Labute approximate surface area is 249 Å². The smallest absolute Gasteiger partial charge is 0.350 e. The highest BCUT2D eigenvalue weighted by Gasteiger charge is 2.46. The minimum Gasteiger partial charge on any atom is -0.350 e. The number of ether oxygens (including phenoxy) is 1. The van der Waals surface area contributed by atoms with Crippen molar-refractivity contribution in [2.75, 3.05) is 33.8 Å². The molecule has 9 nitrogen and oxygen atoms in total. The first-order valence-corrected chi connectivity index (χ1v) is 16.1. The van der Waals surface area contributed by atoms with Gasteiger partial charge in [-0.2, -0.15) is 0 Å². The van der Waals surface area contributed by atoms with Crippen molar-refractivity contribution in [3.05, 3.63) is 140 Å². The van der Waals surface area contributed by atoms with Crippen LogP contribution in [0.2, 0.25) is 0 Å². The van der Waals surface area contributed by atoms with Gasteiger partial charge in [-0.25, -0.2) is 9.46 Å². The lowest BCUT2D eigenvalue weighted by Gasteiger charge is -2.50. The van der Waals surface area contributed by atoms with Gasteiger partial charge in [-0.05, 0) is 49.0 Å².